The molecule has 0 fully saturated rings. The first-order valence-corrected chi connectivity index (χ1v) is 5.46. The van der Waals surface area contributed by atoms with Crippen molar-refractivity contribution in [3.63, 3.8) is 0 Å². The van der Waals surface area contributed by atoms with E-state index >= 15 is 0 Å². The van der Waals surface area contributed by atoms with Gasteiger partial charge in [-0.25, -0.2) is 0 Å². The Labute approximate surface area is 94.9 Å². The summed E-state index contributed by atoms with van der Waals surface area (Å²) >= 11 is 0. The largest absolute Gasteiger partial charge is 0.394 e. The molecule has 16 heavy (non-hydrogen) atoms. The first-order chi connectivity index (χ1) is 7.41. The van der Waals surface area contributed by atoms with E-state index in [1.165, 1.54) is 0 Å². The highest BCUT2D eigenvalue weighted by atomic mass is 32.3. The van der Waals surface area contributed by atoms with Gasteiger partial charge < -0.3 is 14.2 Å². The van der Waals surface area contributed by atoms with Gasteiger partial charge in [-0.1, -0.05) is 12.2 Å². The Morgan fingerprint density at radius 3 is 1.50 bits per heavy atom. The predicted octanol–water partition coefficient (Wildman–Crippen LogP) is 0.670. The third-order valence-corrected chi connectivity index (χ3v) is 0.805. The third-order valence-electron chi connectivity index (χ3n) is 0.805. The van der Waals surface area contributed by atoms with Crippen LogP contribution in [0, 0.1) is 0 Å². The molecular formula is C8H16O7S. The topological polar surface area (TPSA) is 102 Å². The van der Waals surface area contributed by atoms with Crippen LogP contribution in [-0.2, 0) is 24.6 Å². The van der Waals surface area contributed by atoms with Gasteiger partial charge in [0.2, 0.25) is 0 Å². The Kier molecular flexibility index (Phi) is 13.5. The molecule has 0 atom stereocenters. The summed E-state index contributed by atoms with van der Waals surface area (Å²) < 4.78 is 46.3. The zero-order chi connectivity index (χ0) is 12.9. The van der Waals surface area contributed by atoms with Gasteiger partial charge in [0.15, 0.2) is 0 Å². The van der Waals surface area contributed by atoms with Crippen molar-refractivity contribution in [2.75, 3.05) is 26.8 Å². The van der Waals surface area contributed by atoms with Crippen LogP contribution < -0.4 is 0 Å². The van der Waals surface area contributed by atoms with E-state index < -0.39 is 10.4 Å². The van der Waals surface area contributed by atoms with E-state index in [2.05, 4.69) is 13.2 Å². The Hall–Kier alpha value is -0.770. The average Bonchev–Trinajstić information content (AvgIpc) is 2.14. The van der Waals surface area contributed by atoms with Crippen LogP contribution in [0.3, 0.4) is 0 Å². The van der Waals surface area contributed by atoms with Gasteiger partial charge >= 0.3 is 10.4 Å². The molecule has 0 aliphatic rings. The molecule has 0 aliphatic heterocycles. The van der Waals surface area contributed by atoms with E-state index in [0.29, 0.717) is 13.2 Å². The standard InChI is InChI=1S/C8H14O3.H2O4S/c1-3-5-9-7-11-8-10-6-4-2;1-5(2,3)4/h3-4H,1-2,5-8H2;(H2,1,2,3,4). The Balaban J connectivity index is 0. The SMILES string of the molecule is C=CCOCOCOCC=C.O=S(=O)(O)O. The molecule has 0 unspecified atom stereocenters. The Morgan fingerprint density at radius 1 is 0.938 bits per heavy atom. The second-order valence-corrected chi connectivity index (χ2v) is 3.10. The van der Waals surface area contributed by atoms with Gasteiger partial charge in [-0.2, -0.15) is 8.42 Å². The zero-order valence-electron chi connectivity index (χ0n) is 8.74. The minimum Gasteiger partial charge on any atom is -0.351 e. The highest BCUT2D eigenvalue weighted by molar-refractivity contribution is 7.79. The van der Waals surface area contributed by atoms with Crippen LogP contribution in [0.2, 0.25) is 0 Å². The van der Waals surface area contributed by atoms with Crippen molar-refractivity contribution in [1.29, 1.82) is 0 Å². The van der Waals surface area contributed by atoms with E-state index in [1.54, 1.807) is 12.2 Å². The van der Waals surface area contributed by atoms with Crippen molar-refractivity contribution in [1.82, 2.24) is 0 Å². The second-order valence-electron chi connectivity index (χ2n) is 2.21. The molecule has 8 heteroatoms. The fourth-order valence-corrected chi connectivity index (χ4v) is 0.415. The molecule has 0 aromatic heterocycles. The van der Waals surface area contributed by atoms with E-state index in [9.17, 15) is 0 Å². The lowest BCUT2D eigenvalue weighted by atomic mass is 10.7. The van der Waals surface area contributed by atoms with Crippen molar-refractivity contribution < 1.29 is 31.7 Å². The van der Waals surface area contributed by atoms with Crippen molar-refractivity contribution >= 4 is 10.4 Å². The lowest BCUT2D eigenvalue weighted by Crippen LogP contribution is -2.04. The van der Waals surface area contributed by atoms with Crippen LogP contribution >= 0.6 is 0 Å². The van der Waals surface area contributed by atoms with Gasteiger partial charge in [-0.3, -0.25) is 9.11 Å². The maximum Gasteiger partial charge on any atom is 0.394 e. The molecular weight excluding hydrogens is 240 g/mol. The lowest BCUT2D eigenvalue weighted by molar-refractivity contribution is -0.121. The predicted molar refractivity (Wildman–Crippen MR) is 57.3 cm³/mol. The molecule has 0 aromatic rings. The van der Waals surface area contributed by atoms with Crippen molar-refractivity contribution in [3.05, 3.63) is 25.3 Å². The first-order valence-electron chi connectivity index (χ1n) is 4.06. The molecule has 0 aliphatic carbocycles. The van der Waals surface area contributed by atoms with Gasteiger partial charge in [-0.05, 0) is 0 Å². The minimum absolute atomic E-state index is 0.239. The van der Waals surface area contributed by atoms with Crippen LogP contribution in [0.1, 0.15) is 0 Å². The molecule has 0 heterocycles. The van der Waals surface area contributed by atoms with E-state index in [1.807, 2.05) is 0 Å². The smallest absolute Gasteiger partial charge is 0.351 e. The molecule has 96 valence electrons. The quantitative estimate of drug-likeness (QED) is 0.285. The summed E-state index contributed by atoms with van der Waals surface area (Å²) in [6.45, 7) is 8.45. The summed E-state index contributed by atoms with van der Waals surface area (Å²) in [4.78, 5) is 0. The molecule has 0 amide bonds. The molecule has 0 radical (unpaired) electrons. The summed E-state index contributed by atoms with van der Waals surface area (Å²) in [6, 6.07) is 0. The van der Waals surface area contributed by atoms with Gasteiger partial charge in [0.25, 0.3) is 0 Å². The molecule has 0 spiro atoms. The molecule has 0 saturated carbocycles. The summed E-state index contributed by atoms with van der Waals surface area (Å²) in [7, 11) is -4.67. The van der Waals surface area contributed by atoms with Gasteiger partial charge in [0.1, 0.15) is 13.6 Å². The summed E-state index contributed by atoms with van der Waals surface area (Å²) in [5.74, 6) is 0. The zero-order valence-corrected chi connectivity index (χ0v) is 9.56. The molecule has 2 N–H and O–H groups in total. The lowest BCUT2D eigenvalue weighted by Gasteiger charge is -2.02. The van der Waals surface area contributed by atoms with Crippen LogP contribution in [0.25, 0.3) is 0 Å². The van der Waals surface area contributed by atoms with Crippen LogP contribution in [-0.4, -0.2) is 44.3 Å². The van der Waals surface area contributed by atoms with Gasteiger partial charge in [-0.15, -0.1) is 13.2 Å². The monoisotopic (exact) mass is 256 g/mol. The van der Waals surface area contributed by atoms with Crippen molar-refractivity contribution in [2.24, 2.45) is 0 Å². The molecule has 0 rings (SSSR count). The van der Waals surface area contributed by atoms with Crippen molar-refractivity contribution in [2.45, 2.75) is 0 Å². The second kappa shape index (κ2) is 12.3. The minimum atomic E-state index is -4.67. The number of hydrogen-bond acceptors (Lipinski definition) is 5. The molecule has 7 nitrogen and oxygen atoms in total. The van der Waals surface area contributed by atoms with Crippen LogP contribution in [0.15, 0.2) is 25.3 Å². The highest BCUT2D eigenvalue weighted by Crippen LogP contribution is 1.81. The average molecular weight is 256 g/mol. The highest BCUT2D eigenvalue weighted by Gasteiger charge is 1.85. The number of ether oxygens (including phenoxy) is 3. The maximum atomic E-state index is 8.74. The Morgan fingerprint density at radius 2 is 1.25 bits per heavy atom. The molecule has 0 saturated heterocycles. The number of hydrogen-bond donors (Lipinski definition) is 2. The molecule has 0 bridgehead atoms. The maximum absolute atomic E-state index is 8.74. The van der Waals surface area contributed by atoms with E-state index in [4.69, 9.17) is 31.7 Å². The van der Waals surface area contributed by atoms with Gasteiger partial charge in [0.05, 0.1) is 13.2 Å². The Bertz CT molecular complexity index is 240. The number of rotatable bonds is 8. The fourth-order valence-electron chi connectivity index (χ4n) is 0.415. The summed E-state index contributed by atoms with van der Waals surface area (Å²) in [5.41, 5.74) is 0. The fraction of sp³-hybridized carbons (Fsp3) is 0.500. The third kappa shape index (κ3) is 37.9. The van der Waals surface area contributed by atoms with Gasteiger partial charge in [0, 0.05) is 0 Å². The summed E-state index contributed by atoms with van der Waals surface area (Å²) in [6.07, 6.45) is 3.32. The van der Waals surface area contributed by atoms with E-state index in [-0.39, 0.29) is 13.6 Å². The normalized spacial score (nSPS) is 10.1. The van der Waals surface area contributed by atoms with Crippen LogP contribution in [0.4, 0.5) is 0 Å². The first kappa shape index (κ1) is 17.6. The van der Waals surface area contributed by atoms with Crippen molar-refractivity contribution in [3.8, 4) is 0 Å². The van der Waals surface area contributed by atoms with Crippen LogP contribution in [0.5, 0.6) is 0 Å². The molecule has 0 aromatic carbocycles. The van der Waals surface area contributed by atoms with E-state index in [0.717, 1.165) is 0 Å². The summed E-state index contributed by atoms with van der Waals surface area (Å²) in [5, 5.41) is 0.